The minimum absolute atomic E-state index is 0.0324. The lowest BCUT2D eigenvalue weighted by molar-refractivity contribution is 0.0502. The van der Waals surface area contributed by atoms with Crippen LogP contribution in [0.15, 0.2) is 64.1 Å². The molecule has 190 valence electrons. The molecule has 0 N–H and O–H groups in total. The summed E-state index contributed by atoms with van der Waals surface area (Å²) >= 11 is 0. The first-order valence-electron chi connectivity index (χ1n) is 12.0. The van der Waals surface area contributed by atoms with E-state index in [2.05, 4.69) is 32.9 Å². The highest BCUT2D eigenvalue weighted by Crippen LogP contribution is 2.35. The number of pyridine rings is 2. The molecule has 37 heavy (non-hydrogen) atoms. The van der Waals surface area contributed by atoms with Gasteiger partial charge < -0.3 is 18.7 Å². The lowest BCUT2D eigenvalue weighted by Crippen LogP contribution is -2.60. The molecule has 1 saturated heterocycles. The van der Waals surface area contributed by atoms with E-state index >= 15 is 0 Å². The molecular formula is C27H27FN6O3. The second kappa shape index (κ2) is 10.1. The number of hydrogen-bond acceptors (Lipinski definition) is 8. The number of hydrogen-bond donors (Lipinski definition) is 0. The molecule has 4 aromatic rings. The van der Waals surface area contributed by atoms with E-state index in [1.54, 1.807) is 32.4 Å². The molecular weight excluding hydrogens is 475 g/mol. The van der Waals surface area contributed by atoms with Gasteiger partial charge >= 0.3 is 0 Å². The number of anilines is 1. The summed E-state index contributed by atoms with van der Waals surface area (Å²) in [4.78, 5) is 21.3. The van der Waals surface area contributed by atoms with Gasteiger partial charge in [0.2, 0.25) is 0 Å². The van der Waals surface area contributed by atoms with Gasteiger partial charge in [-0.05, 0) is 36.8 Å². The molecule has 3 aromatic heterocycles. The van der Waals surface area contributed by atoms with E-state index in [1.165, 1.54) is 29.0 Å². The van der Waals surface area contributed by atoms with E-state index in [4.69, 9.17) is 9.26 Å². The first-order chi connectivity index (χ1) is 17.9. The highest BCUT2D eigenvalue weighted by molar-refractivity contribution is 5.81. The van der Waals surface area contributed by atoms with E-state index in [0.29, 0.717) is 47.8 Å². The molecule has 1 aliphatic heterocycles. The van der Waals surface area contributed by atoms with Crippen LogP contribution in [0, 0.1) is 17.1 Å². The second-order valence-corrected chi connectivity index (χ2v) is 9.29. The van der Waals surface area contributed by atoms with Crippen molar-refractivity contribution in [2.75, 3.05) is 31.7 Å². The number of aromatic nitrogens is 3. The molecule has 0 spiro atoms. The molecule has 10 heteroatoms. The van der Waals surface area contributed by atoms with Crippen molar-refractivity contribution in [3.8, 4) is 6.07 Å². The second-order valence-electron chi connectivity index (χ2n) is 9.29. The Balaban J connectivity index is 1.56. The van der Waals surface area contributed by atoms with Crippen LogP contribution in [0.1, 0.15) is 29.9 Å². The molecule has 1 fully saturated rings. The summed E-state index contributed by atoms with van der Waals surface area (Å²) in [7, 11) is 3.35. The van der Waals surface area contributed by atoms with Gasteiger partial charge in [-0.1, -0.05) is 17.3 Å². The van der Waals surface area contributed by atoms with Gasteiger partial charge in [-0.15, -0.1) is 0 Å². The maximum atomic E-state index is 13.7. The van der Waals surface area contributed by atoms with Crippen molar-refractivity contribution in [3.63, 3.8) is 0 Å². The summed E-state index contributed by atoms with van der Waals surface area (Å²) in [5.41, 5.74) is 3.68. The predicted octanol–water partition coefficient (Wildman–Crippen LogP) is 3.25. The number of methoxy groups -OCH3 is 1. The summed E-state index contributed by atoms with van der Waals surface area (Å²) in [6.45, 7) is 3.63. The largest absolute Gasteiger partial charge is 0.383 e. The molecule has 5 rings (SSSR count). The number of aryl methyl sites for hydroxylation is 1. The molecule has 0 bridgehead atoms. The van der Waals surface area contributed by atoms with Crippen LogP contribution in [-0.4, -0.2) is 58.5 Å². The van der Waals surface area contributed by atoms with E-state index in [-0.39, 0.29) is 29.5 Å². The third kappa shape index (κ3) is 4.59. The standard InChI is InChI=1S/C27H27FN6O3/c1-17-14-34(27(22-10-11-37-31-22)18-4-6-19(28)7-5-18)20(16-36-3)15-33(17)25-12-24-21(30-23(25)13-29)8-9-26(35)32(24)2/h4-12,17,20,27H,14-16H2,1-3H3/t17-,20-,27?/m0/s1. The Bertz CT molecular complexity index is 1500. The van der Waals surface area contributed by atoms with Crippen LogP contribution < -0.4 is 10.5 Å². The third-order valence-electron chi connectivity index (χ3n) is 7.00. The van der Waals surface area contributed by atoms with Gasteiger partial charge in [0.15, 0.2) is 5.69 Å². The molecule has 0 radical (unpaired) electrons. The Hall–Kier alpha value is -4.07. The molecule has 1 unspecified atom stereocenters. The smallest absolute Gasteiger partial charge is 0.250 e. The monoisotopic (exact) mass is 502 g/mol. The first-order valence-corrected chi connectivity index (χ1v) is 12.0. The fourth-order valence-corrected chi connectivity index (χ4v) is 5.18. The third-order valence-corrected chi connectivity index (χ3v) is 7.00. The molecule has 3 atom stereocenters. The van der Waals surface area contributed by atoms with Crippen molar-refractivity contribution in [2.24, 2.45) is 7.05 Å². The van der Waals surface area contributed by atoms with Gasteiger partial charge in [-0.3, -0.25) is 9.69 Å². The summed E-state index contributed by atoms with van der Waals surface area (Å²) in [5, 5.41) is 14.1. The van der Waals surface area contributed by atoms with Crippen LogP contribution in [-0.2, 0) is 11.8 Å². The number of halogens is 1. The van der Waals surface area contributed by atoms with Crippen LogP contribution in [0.3, 0.4) is 0 Å². The number of ether oxygens (including phenoxy) is 1. The summed E-state index contributed by atoms with van der Waals surface area (Å²) < 4.78 is 26.1. The number of nitriles is 1. The summed E-state index contributed by atoms with van der Waals surface area (Å²) in [6.07, 6.45) is 1.53. The lowest BCUT2D eigenvalue weighted by Gasteiger charge is -2.48. The molecule has 1 aliphatic rings. The molecule has 0 saturated carbocycles. The molecule has 9 nitrogen and oxygen atoms in total. The van der Waals surface area contributed by atoms with E-state index in [1.807, 2.05) is 12.1 Å². The fourth-order valence-electron chi connectivity index (χ4n) is 5.18. The number of piperazine rings is 1. The van der Waals surface area contributed by atoms with Crippen molar-refractivity contribution in [3.05, 3.63) is 87.9 Å². The normalized spacial score (nSPS) is 19.2. The zero-order chi connectivity index (χ0) is 26.1. The summed E-state index contributed by atoms with van der Waals surface area (Å²) in [6, 6.07) is 15.0. The van der Waals surface area contributed by atoms with Crippen molar-refractivity contribution in [1.29, 1.82) is 5.26 Å². The van der Waals surface area contributed by atoms with Crippen molar-refractivity contribution in [1.82, 2.24) is 19.6 Å². The van der Waals surface area contributed by atoms with Gasteiger partial charge in [0.1, 0.15) is 23.8 Å². The van der Waals surface area contributed by atoms with Crippen molar-refractivity contribution >= 4 is 16.7 Å². The fraction of sp³-hybridized carbons (Fsp3) is 0.333. The zero-order valence-electron chi connectivity index (χ0n) is 20.8. The Morgan fingerprint density at radius 2 is 2.00 bits per heavy atom. The van der Waals surface area contributed by atoms with Crippen LogP contribution in [0.4, 0.5) is 10.1 Å². The maximum absolute atomic E-state index is 13.7. The maximum Gasteiger partial charge on any atom is 0.250 e. The van der Waals surface area contributed by atoms with Gasteiger partial charge in [0.05, 0.1) is 35.4 Å². The van der Waals surface area contributed by atoms with Crippen LogP contribution in [0.25, 0.3) is 11.0 Å². The highest BCUT2D eigenvalue weighted by Gasteiger charge is 2.39. The Morgan fingerprint density at radius 1 is 1.22 bits per heavy atom. The van der Waals surface area contributed by atoms with E-state index in [0.717, 1.165) is 5.56 Å². The first kappa shape index (κ1) is 24.6. The van der Waals surface area contributed by atoms with E-state index < -0.39 is 0 Å². The van der Waals surface area contributed by atoms with Crippen molar-refractivity contribution in [2.45, 2.75) is 25.0 Å². The van der Waals surface area contributed by atoms with Crippen LogP contribution >= 0.6 is 0 Å². The minimum Gasteiger partial charge on any atom is -0.383 e. The Kier molecular flexibility index (Phi) is 6.74. The lowest BCUT2D eigenvalue weighted by atomic mass is 9.96. The van der Waals surface area contributed by atoms with Gasteiger partial charge in [-0.2, -0.15) is 5.26 Å². The highest BCUT2D eigenvalue weighted by atomic mass is 19.1. The van der Waals surface area contributed by atoms with Crippen molar-refractivity contribution < 1.29 is 13.7 Å². The SMILES string of the molecule is COC[C@@H]1CN(c2cc3c(ccc(=O)n3C)nc2C#N)[C@@H](C)CN1C(c1ccc(F)cc1)c1ccon1. The average Bonchev–Trinajstić information content (AvgIpc) is 3.43. The number of benzene rings is 1. The van der Waals surface area contributed by atoms with Gasteiger partial charge in [-0.25, -0.2) is 9.37 Å². The topological polar surface area (TPSA) is 100 Å². The minimum atomic E-state index is -0.309. The summed E-state index contributed by atoms with van der Waals surface area (Å²) in [5.74, 6) is -0.309. The Morgan fingerprint density at radius 3 is 2.68 bits per heavy atom. The number of rotatable bonds is 6. The quantitative estimate of drug-likeness (QED) is 0.396. The number of fused-ring (bicyclic) bond motifs is 1. The van der Waals surface area contributed by atoms with Gasteiger partial charge in [0.25, 0.3) is 5.56 Å². The number of nitrogens with zero attached hydrogens (tertiary/aromatic N) is 6. The van der Waals surface area contributed by atoms with Gasteiger partial charge in [0, 0.05) is 45.4 Å². The molecule has 4 heterocycles. The predicted molar refractivity (Wildman–Crippen MR) is 136 cm³/mol. The van der Waals surface area contributed by atoms with E-state index in [9.17, 15) is 14.4 Å². The zero-order valence-corrected chi connectivity index (χ0v) is 20.8. The molecule has 0 aliphatic carbocycles. The average molecular weight is 503 g/mol. The molecule has 1 aromatic carbocycles. The Labute approximate surface area is 213 Å². The van der Waals surface area contributed by atoms with Crippen LogP contribution in [0.2, 0.25) is 0 Å². The van der Waals surface area contributed by atoms with Crippen LogP contribution in [0.5, 0.6) is 0 Å². The molecule has 0 amide bonds.